The quantitative estimate of drug-likeness (QED) is 0.260. The molecule has 0 unspecified atom stereocenters. The number of carbonyl (C=O) groups excluding carboxylic acids is 2. The Balaban J connectivity index is 1.67. The van der Waals surface area contributed by atoms with Crippen molar-refractivity contribution in [3.05, 3.63) is 136 Å². The second-order valence-corrected chi connectivity index (χ2v) is 10.0. The van der Waals surface area contributed by atoms with Crippen LogP contribution in [0.3, 0.4) is 0 Å². The number of rotatable bonds is 6. The number of halogens is 1. The van der Waals surface area contributed by atoms with E-state index in [-0.39, 0.29) is 11.9 Å². The van der Waals surface area contributed by atoms with Crippen LogP contribution < -0.4 is 5.32 Å². The first-order chi connectivity index (χ1) is 18.6. The van der Waals surface area contributed by atoms with E-state index >= 15 is 0 Å². The number of nitrogens with one attached hydrogen (secondary N) is 1. The molecular formula is C31H28BrN3O3. The van der Waals surface area contributed by atoms with Crippen LogP contribution in [-0.4, -0.2) is 35.2 Å². The molecule has 0 radical (unpaired) electrons. The largest absolute Gasteiger partial charge is 0.468 e. The lowest BCUT2D eigenvalue weighted by Gasteiger charge is -2.34. The highest BCUT2D eigenvalue weighted by Gasteiger charge is 2.54. The van der Waals surface area contributed by atoms with Crippen LogP contribution in [0.2, 0.25) is 0 Å². The number of hydrazine groups is 1. The maximum atomic E-state index is 14.1. The minimum atomic E-state index is -0.733. The second kappa shape index (κ2) is 11.6. The highest BCUT2D eigenvalue weighted by Crippen LogP contribution is 2.48. The number of hydrogen-bond acceptors (Lipinski definition) is 4. The summed E-state index contributed by atoms with van der Waals surface area (Å²) in [6.07, 6.45) is 0. The van der Waals surface area contributed by atoms with E-state index < -0.39 is 18.1 Å². The van der Waals surface area contributed by atoms with E-state index in [0.29, 0.717) is 12.2 Å². The maximum absolute atomic E-state index is 14.1. The molecule has 3 atom stereocenters. The Kier molecular flexibility index (Phi) is 7.86. The first-order valence-electron chi connectivity index (χ1n) is 12.4. The van der Waals surface area contributed by atoms with Crippen LogP contribution in [0, 0.1) is 0 Å². The number of carbonyl (C=O) groups is 2. The molecule has 4 aromatic carbocycles. The van der Waals surface area contributed by atoms with E-state index in [4.69, 9.17) is 4.74 Å². The van der Waals surface area contributed by atoms with Gasteiger partial charge >= 0.3 is 12.0 Å². The standard InChI is InChI=1S/C31H28BrN3O3/c1-38-30(36)29-27(23-13-7-3-8-14-23)28(24-15-9-4-10-16-24)35(34(29)21-22-11-5-2-6-12-22)31(37)33-26-19-17-25(32)18-20-26/h2-20,27-29H,21H2,1H3,(H,33,37)/t27-,28-,29+/m1/s1. The van der Waals surface area contributed by atoms with Gasteiger partial charge < -0.3 is 10.1 Å². The van der Waals surface area contributed by atoms with Crippen molar-refractivity contribution in [2.75, 3.05) is 12.4 Å². The predicted molar refractivity (Wildman–Crippen MR) is 151 cm³/mol. The van der Waals surface area contributed by atoms with Gasteiger partial charge in [0.15, 0.2) is 0 Å². The Morgan fingerprint density at radius 1 is 0.789 bits per heavy atom. The van der Waals surface area contributed by atoms with Crippen LogP contribution in [0.15, 0.2) is 120 Å². The molecule has 0 aliphatic carbocycles. The molecule has 6 nitrogen and oxygen atoms in total. The fourth-order valence-electron chi connectivity index (χ4n) is 5.13. The van der Waals surface area contributed by atoms with Crippen LogP contribution in [0.1, 0.15) is 28.7 Å². The average Bonchev–Trinajstić information content (AvgIpc) is 3.30. The van der Waals surface area contributed by atoms with Gasteiger partial charge in [0.25, 0.3) is 0 Å². The number of esters is 1. The predicted octanol–water partition coefficient (Wildman–Crippen LogP) is 6.78. The van der Waals surface area contributed by atoms with Gasteiger partial charge in [-0.2, -0.15) is 5.01 Å². The van der Waals surface area contributed by atoms with E-state index in [0.717, 1.165) is 21.2 Å². The molecular weight excluding hydrogens is 542 g/mol. The molecule has 5 rings (SSSR count). The summed E-state index contributed by atoms with van der Waals surface area (Å²) in [6.45, 7) is 0.348. The van der Waals surface area contributed by atoms with E-state index in [1.807, 2.05) is 120 Å². The van der Waals surface area contributed by atoms with Crippen molar-refractivity contribution in [2.24, 2.45) is 0 Å². The van der Waals surface area contributed by atoms with Gasteiger partial charge in [-0.1, -0.05) is 107 Å². The minimum Gasteiger partial charge on any atom is -0.468 e. The monoisotopic (exact) mass is 569 g/mol. The summed E-state index contributed by atoms with van der Waals surface area (Å²) >= 11 is 3.45. The van der Waals surface area contributed by atoms with Crippen molar-refractivity contribution in [2.45, 2.75) is 24.5 Å². The number of methoxy groups -OCH3 is 1. The Labute approximate surface area is 230 Å². The van der Waals surface area contributed by atoms with Crippen LogP contribution in [-0.2, 0) is 16.1 Å². The van der Waals surface area contributed by atoms with Crippen molar-refractivity contribution in [1.29, 1.82) is 0 Å². The molecule has 1 heterocycles. The van der Waals surface area contributed by atoms with Crippen molar-refractivity contribution in [1.82, 2.24) is 10.0 Å². The number of amides is 2. The third-order valence-electron chi connectivity index (χ3n) is 6.80. The van der Waals surface area contributed by atoms with Crippen LogP contribution in [0.5, 0.6) is 0 Å². The van der Waals surface area contributed by atoms with Crippen LogP contribution in [0.4, 0.5) is 10.5 Å². The number of urea groups is 1. The smallest absolute Gasteiger partial charge is 0.337 e. The van der Waals surface area contributed by atoms with Crippen LogP contribution in [0.25, 0.3) is 0 Å². The molecule has 1 fully saturated rings. The van der Waals surface area contributed by atoms with Crippen LogP contribution >= 0.6 is 15.9 Å². The van der Waals surface area contributed by atoms with Crippen molar-refractivity contribution >= 4 is 33.6 Å². The molecule has 1 aliphatic heterocycles. The summed E-state index contributed by atoms with van der Waals surface area (Å²) in [4.78, 5) is 27.6. The fraction of sp³-hybridized carbons (Fsp3) is 0.161. The first-order valence-corrected chi connectivity index (χ1v) is 13.2. The van der Waals surface area contributed by atoms with Crippen molar-refractivity contribution in [3.63, 3.8) is 0 Å². The molecule has 1 saturated heterocycles. The van der Waals surface area contributed by atoms with Gasteiger partial charge in [-0.3, -0.25) is 4.79 Å². The first kappa shape index (κ1) is 25.7. The number of ether oxygens (including phenoxy) is 1. The molecule has 0 spiro atoms. The van der Waals surface area contributed by atoms with Gasteiger partial charge in [0.05, 0.1) is 13.2 Å². The lowest BCUT2D eigenvalue weighted by atomic mass is 9.83. The van der Waals surface area contributed by atoms with Crippen molar-refractivity contribution < 1.29 is 14.3 Å². The summed E-state index contributed by atoms with van der Waals surface area (Å²) in [5.74, 6) is -0.764. The van der Waals surface area contributed by atoms with Gasteiger partial charge in [0.2, 0.25) is 0 Å². The van der Waals surface area contributed by atoms with Gasteiger partial charge in [-0.05, 0) is 41.0 Å². The summed E-state index contributed by atoms with van der Waals surface area (Å²) < 4.78 is 6.27. The summed E-state index contributed by atoms with van der Waals surface area (Å²) in [5, 5.41) is 6.60. The Morgan fingerprint density at radius 3 is 1.92 bits per heavy atom. The number of anilines is 1. The normalized spacial score (nSPS) is 19.2. The highest BCUT2D eigenvalue weighted by molar-refractivity contribution is 9.10. The number of benzene rings is 4. The zero-order valence-electron chi connectivity index (χ0n) is 20.9. The summed E-state index contributed by atoms with van der Waals surface area (Å²) in [5.41, 5.74) is 3.51. The van der Waals surface area contributed by atoms with E-state index in [9.17, 15) is 9.59 Å². The second-order valence-electron chi connectivity index (χ2n) is 9.12. The number of nitrogens with zero attached hydrogens (tertiary/aromatic N) is 2. The third-order valence-corrected chi connectivity index (χ3v) is 7.33. The molecule has 0 aromatic heterocycles. The molecule has 1 N–H and O–H groups in total. The zero-order valence-corrected chi connectivity index (χ0v) is 22.5. The molecule has 1 aliphatic rings. The third kappa shape index (κ3) is 5.35. The lowest BCUT2D eigenvalue weighted by Crippen LogP contribution is -2.49. The highest BCUT2D eigenvalue weighted by atomic mass is 79.9. The minimum absolute atomic E-state index is 0.329. The molecule has 2 amide bonds. The van der Waals surface area contributed by atoms with Gasteiger partial charge in [0, 0.05) is 22.6 Å². The Hall–Kier alpha value is -3.94. The zero-order chi connectivity index (χ0) is 26.5. The molecule has 0 bridgehead atoms. The van der Waals surface area contributed by atoms with Gasteiger partial charge in [-0.25, -0.2) is 9.80 Å². The molecule has 38 heavy (non-hydrogen) atoms. The molecule has 7 heteroatoms. The molecule has 0 saturated carbocycles. The summed E-state index contributed by atoms with van der Waals surface area (Å²) in [6, 6.07) is 35.5. The van der Waals surface area contributed by atoms with Crippen molar-refractivity contribution in [3.8, 4) is 0 Å². The SMILES string of the molecule is COC(=O)[C@@H]1[C@H](c2ccccc2)[C@@H](c2ccccc2)N(C(=O)Nc2ccc(Br)cc2)N1Cc1ccccc1. The fourth-order valence-corrected chi connectivity index (χ4v) is 5.40. The lowest BCUT2D eigenvalue weighted by molar-refractivity contribution is -0.150. The Bertz CT molecular complexity index is 1370. The van der Waals surface area contributed by atoms with Gasteiger partial charge in [-0.15, -0.1) is 0 Å². The number of hydrogen-bond donors (Lipinski definition) is 1. The van der Waals surface area contributed by atoms with E-state index in [2.05, 4.69) is 21.2 Å². The van der Waals surface area contributed by atoms with E-state index in [1.54, 1.807) is 5.01 Å². The molecule has 4 aromatic rings. The summed E-state index contributed by atoms with van der Waals surface area (Å²) in [7, 11) is 1.40. The average molecular weight is 570 g/mol. The molecule has 192 valence electrons. The van der Waals surface area contributed by atoms with E-state index in [1.165, 1.54) is 7.11 Å². The Morgan fingerprint density at radius 2 is 1.34 bits per heavy atom. The van der Waals surface area contributed by atoms with Gasteiger partial charge in [0.1, 0.15) is 6.04 Å². The topological polar surface area (TPSA) is 61.9 Å². The maximum Gasteiger partial charge on any atom is 0.337 e.